The summed E-state index contributed by atoms with van der Waals surface area (Å²) in [7, 11) is 0. The Hall–Kier alpha value is -3.03. The lowest BCUT2D eigenvalue weighted by molar-refractivity contribution is -0.138. The van der Waals surface area contributed by atoms with Gasteiger partial charge in [0, 0.05) is 53.0 Å². The lowest BCUT2D eigenvalue weighted by Gasteiger charge is -2.11. The third-order valence-corrected chi connectivity index (χ3v) is 4.66. The molecule has 1 N–H and O–H groups in total. The van der Waals surface area contributed by atoms with Gasteiger partial charge >= 0.3 is 12.1 Å². The zero-order valence-electron chi connectivity index (χ0n) is 15.2. The second-order valence-corrected chi connectivity index (χ2v) is 6.63. The SMILES string of the molecule is Cc1c(-c2ccc(=O)n(CCCC(F)(F)F)c2)c2ccccc2n1CC(=O)O. The summed E-state index contributed by atoms with van der Waals surface area (Å²) >= 11 is 0. The highest BCUT2D eigenvalue weighted by molar-refractivity contribution is 5.98. The quantitative estimate of drug-likeness (QED) is 0.684. The predicted molar refractivity (Wildman–Crippen MR) is 99.3 cm³/mol. The number of carboxylic acid groups (broad SMARTS) is 1. The van der Waals surface area contributed by atoms with Gasteiger partial charge in [-0.2, -0.15) is 13.2 Å². The number of carboxylic acids is 1. The Bertz CT molecular complexity index is 1080. The van der Waals surface area contributed by atoms with E-state index in [-0.39, 0.29) is 25.1 Å². The Morgan fingerprint density at radius 1 is 1.14 bits per heavy atom. The number of hydrogen-bond acceptors (Lipinski definition) is 2. The van der Waals surface area contributed by atoms with Crippen LogP contribution in [0.2, 0.25) is 0 Å². The molecule has 0 atom stereocenters. The van der Waals surface area contributed by atoms with Gasteiger partial charge in [-0.25, -0.2) is 0 Å². The summed E-state index contributed by atoms with van der Waals surface area (Å²) < 4.78 is 40.1. The number of fused-ring (bicyclic) bond motifs is 1. The van der Waals surface area contributed by atoms with Gasteiger partial charge in [-0.15, -0.1) is 0 Å². The summed E-state index contributed by atoms with van der Waals surface area (Å²) in [6.07, 6.45) is -3.87. The molecule has 1 aromatic carbocycles. The maximum absolute atomic E-state index is 12.4. The number of carbonyl (C=O) groups is 1. The number of aromatic nitrogens is 2. The van der Waals surface area contributed by atoms with Gasteiger partial charge in [0.2, 0.25) is 0 Å². The number of nitrogens with zero attached hydrogens (tertiary/aromatic N) is 2. The molecule has 0 spiro atoms. The number of aryl methyl sites for hydroxylation is 1. The summed E-state index contributed by atoms with van der Waals surface area (Å²) in [5.41, 5.74) is 2.50. The topological polar surface area (TPSA) is 64.2 Å². The zero-order chi connectivity index (χ0) is 20.5. The molecule has 2 aromatic heterocycles. The molecular formula is C20H19F3N2O3. The van der Waals surface area contributed by atoms with Crippen LogP contribution in [-0.4, -0.2) is 26.4 Å². The molecule has 3 aromatic rings. The largest absolute Gasteiger partial charge is 0.480 e. The van der Waals surface area contributed by atoms with Crippen molar-refractivity contribution >= 4 is 16.9 Å². The molecule has 2 heterocycles. The fourth-order valence-electron chi connectivity index (χ4n) is 3.44. The maximum Gasteiger partial charge on any atom is 0.389 e. The molecule has 3 rings (SSSR count). The smallest absolute Gasteiger partial charge is 0.389 e. The molecule has 0 bridgehead atoms. The van der Waals surface area contributed by atoms with E-state index in [4.69, 9.17) is 0 Å². The van der Waals surface area contributed by atoms with E-state index in [1.807, 2.05) is 24.3 Å². The minimum Gasteiger partial charge on any atom is -0.480 e. The van der Waals surface area contributed by atoms with E-state index in [2.05, 4.69) is 0 Å². The Labute approximate surface area is 158 Å². The number of hydrogen-bond donors (Lipinski definition) is 1. The molecule has 8 heteroatoms. The molecule has 0 aliphatic heterocycles. The van der Waals surface area contributed by atoms with Gasteiger partial charge in [-0.3, -0.25) is 9.59 Å². The van der Waals surface area contributed by atoms with Crippen LogP contribution in [0.5, 0.6) is 0 Å². The van der Waals surface area contributed by atoms with Crippen molar-refractivity contribution < 1.29 is 23.1 Å². The van der Waals surface area contributed by atoms with E-state index in [1.165, 1.54) is 10.6 Å². The van der Waals surface area contributed by atoms with Crippen LogP contribution < -0.4 is 5.56 Å². The van der Waals surface area contributed by atoms with Crippen molar-refractivity contribution in [1.82, 2.24) is 9.13 Å². The molecule has 0 aliphatic rings. The van der Waals surface area contributed by atoms with Crippen molar-refractivity contribution in [2.24, 2.45) is 0 Å². The molecule has 0 radical (unpaired) electrons. The van der Waals surface area contributed by atoms with Crippen molar-refractivity contribution in [3.05, 3.63) is 58.6 Å². The van der Waals surface area contributed by atoms with E-state index >= 15 is 0 Å². The first kappa shape index (κ1) is 19.7. The third-order valence-electron chi connectivity index (χ3n) is 4.66. The standard InChI is InChI=1S/C20H19F3N2O3/c1-13-19(15-5-2-3-6-16(15)25(13)12-18(27)28)14-7-8-17(26)24(11-14)10-4-9-20(21,22)23/h2-3,5-8,11H,4,9-10,12H2,1H3,(H,27,28). The number of alkyl halides is 3. The van der Waals surface area contributed by atoms with Crippen LogP contribution in [-0.2, 0) is 17.9 Å². The highest BCUT2D eigenvalue weighted by Gasteiger charge is 2.26. The molecule has 0 amide bonds. The summed E-state index contributed by atoms with van der Waals surface area (Å²) in [6, 6.07) is 10.2. The first-order valence-corrected chi connectivity index (χ1v) is 8.74. The molecule has 0 unspecified atom stereocenters. The van der Waals surface area contributed by atoms with Gasteiger partial charge in [-0.1, -0.05) is 18.2 Å². The maximum atomic E-state index is 12.4. The first-order chi connectivity index (χ1) is 13.2. The Kier molecular flexibility index (Phi) is 5.31. The molecule has 0 saturated heterocycles. The molecule has 148 valence electrons. The summed E-state index contributed by atoms with van der Waals surface area (Å²) in [6.45, 7) is 1.54. The minimum absolute atomic E-state index is 0.0427. The number of aliphatic carboxylic acids is 1. The second kappa shape index (κ2) is 7.53. The van der Waals surface area contributed by atoms with Crippen LogP contribution in [0.1, 0.15) is 18.5 Å². The normalized spacial score (nSPS) is 11.9. The molecular weight excluding hydrogens is 373 g/mol. The van der Waals surface area contributed by atoms with Gasteiger partial charge in [0.05, 0.1) is 0 Å². The van der Waals surface area contributed by atoms with Crippen molar-refractivity contribution in [1.29, 1.82) is 0 Å². The van der Waals surface area contributed by atoms with Crippen molar-refractivity contribution in [2.45, 2.75) is 39.0 Å². The third kappa shape index (κ3) is 4.11. The van der Waals surface area contributed by atoms with Crippen LogP contribution in [0.3, 0.4) is 0 Å². The molecule has 0 aliphatic carbocycles. The molecule has 0 fully saturated rings. The number of benzene rings is 1. The fourth-order valence-corrected chi connectivity index (χ4v) is 3.44. The Balaban J connectivity index is 2.05. The van der Waals surface area contributed by atoms with Gasteiger partial charge < -0.3 is 14.2 Å². The zero-order valence-corrected chi connectivity index (χ0v) is 15.2. The van der Waals surface area contributed by atoms with E-state index < -0.39 is 18.6 Å². The van der Waals surface area contributed by atoms with Gasteiger partial charge in [0.1, 0.15) is 6.54 Å². The average Bonchev–Trinajstić information content (AvgIpc) is 2.87. The lowest BCUT2D eigenvalue weighted by Crippen LogP contribution is -2.20. The molecule has 0 saturated carbocycles. The molecule has 5 nitrogen and oxygen atoms in total. The molecule has 28 heavy (non-hydrogen) atoms. The van der Waals surface area contributed by atoms with Gasteiger partial charge in [0.15, 0.2) is 0 Å². The van der Waals surface area contributed by atoms with Gasteiger partial charge in [-0.05, 0) is 25.5 Å². The summed E-state index contributed by atoms with van der Waals surface area (Å²) in [5, 5.41) is 10.0. The van der Waals surface area contributed by atoms with E-state index in [0.29, 0.717) is 11.3 Å². The van der Waals surface area contributed by atoms with Crippen molar-refractivity contribution in [3.63, 3.8) is 0 Å². The monoisotopic (exact) mass is 392 g/mol. The lowest BCUT2D eigenvalue weighted by atomic mass is 10.0. The number of halogens is 3. The number of rotatable bonds is 6. The van der Waals surface area contributed by atoms with Gasteiger partial charge in [0.25, 0.3) is 5.56 Å². The summed E-state index contributed by atoms with van der Waals surface area (Å²) in [4.78, 5) is 23.3. The minimum atomic E-state index is -4.26. The van der Waals surface area contributed by atoms with Crippen LogP contribution in [0.4, 0.5) is 13.2 Å². The predicted octanol–water partition coefficient (Wildman–Crippen LogP) is 4.21. The summed E-state index contributed by atoms with van der Waals surface area (Å²) in [5.74, 6) is -0.979. The van der Waals surface area contributed by atoms with Crippen LogP contribution in [0.15, 0.2) is 47.4 Å². The van der Waals surface area contributed by atoms with E-state index in [1.54, 1.807) is 23.8 Å². The highest BCUT2D eigenvalue weighted by Crippen LogP contribution is 2.34. The Morgan fingerprint density at radius 3 is 2.54 bits per heavy atom. The second-order valence-electron chi connectivity index (χ2n) is 6.63. The Morgan fingerprint density at radius 2 is 1.86 bits per heavy atom. The van der Waals surface area contributed by atoms with Crippen LogP contribution in [0.25, 0.3) is 22.0 Å². The van der Waals surface area contributed by atoms with Crippen LogP contribution in [0, 0.1) is 6.92 Å². The number of para-hydroxylation sites is 1. The van der Waals surface area contributed by atoms with Crippen LogP contribution >= 0.6 is 0 Å². The average molecular weight is 392 g/mol. The van der Waals surface area contributed by atoms with E-state index in [0.717, 1.165) is 16.5 Å². The van der Waals surface area contributed by atoms with Crippen molar-refractivity contribution in [2.75, 3.05) is 0 Å². The number of pyridine rings is 1. The fraction of sp³-hybridized carbons (Fsp3) is 0.300. The highest BCUT2D eigenvalue weighted by atomic mass is 19.4. The van der Waals surface area contributed by atoms with Crippen molar-refractivity contribution in [3.8, 4) is 11.1 Å². The first-order valence-electron chi connectivity index (χ1n) is 8.74. The van der Waals surface area contributed by atoms with E-state index in [9.17, 15) is 27.9 Å².